The predicted octanol–water partition coefficient (Wildman–Crippen LogP) is 7.21. The highest BCUT2D eigenvalue weighted by Crippen LogP contribution is 2.45. The van der Waals surface area contributed by atoms with Gasteiger partial charge in [-0.25, -0.2) is 24.9 Å². The number of carbonyl (C=O) groups is 4. The summed E-state index contributed by atoms with van der Waals surface area (Å²) in [7, 11) is 0. The molecule has 0 radical (unpaired) electrons. The summed E-state index contributed by atoms with van der Waals surface area (Å²) in [6, 6.07) is 7.07. The molecule has 6 aromatic rings. The maximum atomic E-state index is 13.1. The third kappa shape index (κ3) is 11.4. The third-order valence-electron chi connectivity index (χ3n) is 15.6. The number of likely N-dealkylation sites (tertiary alicyclic amines) is 4. The number of hydrogen-bond donors (Lipinski definition) is 3. The number of anilines is 1. The number of amides is 4. The zero-order chi connectivity index (χ0) is 54.2. The fourth-order valence-electron chi connectivity index (χ4n) is 11.3. The molecule has 2 atom stereocenters. The number of fused-ring (bicyclic) bond motifs is 4. The van der Waals surface area contributed by atoms with Crippen LogP contribution in [0.3, 0.4) is 0 Å². The first-order valence-electron chi connectivity index (χ1n) is 26.4. The van der Waals surface area contributed by atoms with Crippen molar-refractivity contribution in [1.82, 2.24) is 58.6 Å². The van der Waals surface area contributed by atoms with Gasteiger partial charge in [0.2, 0.25) is 37.2 Å². The van der Waals surface area contributed by atoms with Crippen LogP contribution in [0.25, 0.3) is 22.3 Å². The number of halogens is 2. The first-order chi connectivity index (χ1) is 37.8. The molecular weight excluding hydrogens is 1170 g/mol. The second-order valence-electron chi connectivity index (χ2n) is 20.3. The van der Waals surface area contributed by atoms with Gasteiger partial charge in [0.15, 0.2) is 61.4 Å². The Labute approximate surface area is 474 Å². The Kier molecular flexibility index (Phi) is 16.1. The van der Waals surface area contributed by atoms with E-state index in [-0.39, 0.29) is 54.8 Å². The molecule has 4 N–H and O–H groups in total. The normalized spacial score (nSPS) is 19.3. The van der Waals surface area contributed by atoms with Crippen LogP contribution in [-0.4, -0.2) is 147 Å². The fourth-order valence-corrected chi connectivity index (χ4v) is 14.2. The number of carbonyl (C=O) groups excluding carboxylic acids is 4. The molecule has 22 nitrogen and oxygen atoms in total. The molecular formula is C52H60Br2N14O8S2. The molecule has 26 heteroatoms. The van der Waals surface area contributed by atoms with Crippen LogP contribution in [0.1, 0.15) is 78.1 Å². The number of aromatic amines is 1. The quantitative estimate of drug-likeness (QED) is 0.109. The Morgan fingerprint density at radius 3 is 1.76 bits per heavy atom. The lowest BCUT2D eigenvalue weighted by Crippen LogP contribution is -2.49. The summed E-state index contributed by atoms with van der Waals surface area (Å²) >= 11 is 10.2. The van der Waals surface area contributed by atoms with Crippen LogP contribution in [0, 0.1) is 17.2 Å². The molecule has 78 heavy (non-hydrogen) atoms. The zero-order valence-electron chi connectivity index (χ0n) is 43.3. The number of aryl methyl sites for hydroxylation is 2. The highest BCUT2D eigenvalue weighted by molar-refractivity contribution is 9.10. The molecule has 412 valence electrons. The number of imidazole rings is 2. The standard InChI is InChI=1S/2C26H30BrN7O4S/c1-15(35)34-7-2-3-18(34)25(36)32-8-4-16(5-9-32)6-10-33-13-29-23(28)22-24(33)31-26(30-22)39-21-12-20-19(11-17(21)27)37-14-38-20;1-15(35)33-7-2-3-18(33)25(36)32-8-4-16(5-9-32)6-10-34-24-22(23(28)29-13-30-24)31-26(34)39-21-12-20-19(11-17(21)27)37-14-38-20/h11-13,16,18,28H,2-10,14H2,1H3,(H,30,31);11-13,16,18H,2-10,14H2,1H3,(H2,28,29,30)/t2*18-/m00/s1. The first-order valence-corrected chi connectivity index (χ1v) is 29.6. The van der Waals surface area contributed by atoms with Crippen LogP contribution >= 0.6 is 55.4 Å². The summed E-state index contributed by atoms with van der Waals surface area (Å²) in [6.07, 6.45) is 12.1. The summed E-state index contributed by atoms with van der Waals surface area (Å²) in [5.74, 6) is 4.28. The summed E-state index contributed by atoms with van der Waals surface area (Å²) < 4.78 is 27.9. The van der Waals surface area contributed by atoms with Crippen molar-refractivity contribution < 1.29 is 38.1 Å². The Morgan fingerprint density at radius 1 is 0.679 bits per heavy atom. The summed E-state index contributed by atoms with van der Waals surface area (Å²) in [5.41, 5.74) is 8.91. The number of aromatic nitrogens is 8. The fraction of sp³-hybridized carbons (Fsp3) is 0.500. The van der Waals surface area contributed by atoms with Crippen molar-refractivity contribution in [2.75, 3.05) is 58.6 Å². The van der Waals surface area contributed by atoms with E-state index in [9.17, 15) is 19.2 Å². The third-order valence-corrected chi connectivity index (χ3v) is 19.4. The summed E-state index contributed by atoms with van der Waals surface area (Å²) in [4.78, 5) is 85.0. The molecule has 10 heterocycles. The molecule has 2 aromatic carbocycles. The molecule has 0 aliphatic carbocycles. The molecule has 0 bridgehead atoms. The van der Waals surface area contributed by atoms with Crippen LogP contribution in [0.5, 0.6) is 23.0 Å². The number of benzene rings is 2. The van der Waals surface area contributed by atoms with Crippen molar-refractivity contribution in [2.45, 2.75) is 123 Å². The van der Waals surface area contributed by atoms with Crippen LogP contribution < -0.4 is 30.2 Å². The largest absolute Gasteiger partial charge is 0.454 e. The number of piperidine rings is 2. The van der Waals surface area contributed by atoms with Gasteiger partial charge >= 0.3 is 0 Å². The number of nitrogens with two attached hydrogens (primary N) is 1. The lowest BCUT2D eigenvalue weighted by atomic mass is 9.93. The van der Waals surface area contributed by atoms with Crippen molar-refractivity contribution >= 4 is 107 Å². The summed E-state index contributed by atoms with van der Waals surface area (Å²) in [6.45, 7) is 9.21. The van der Waals surface area contributed by atoms with Crippen LogP contribution in [-0.2, 0) is 32.3 Å². The smallest absolute Gasteiger partial charge is 0.245 e. The van der Waals surface area contributed by atoms with E-state index < -0.39 is 0 Å². The van der Waals surface area contributed by atoms with E-state index in [1.165, 1.54) is 29.9 Å². The minimum Gasteiger partial charge on any atom is -0.454 e. The predicted molar refractivity (Wildman–Crippen MR) is 295 cm³/mol. The van der Waals surface area contributed by atoms with E-state index in [0.717, 1.165) is 127 Å². The van der Waals surface area contributed by atoms with Crippen molar-refractivity contribution in [3.05, 3.63) is 51.4 Å². The topological polar surface area (TPSA) is 258 Å². The molecule has 0 saturated carbocycles. The first kappa shape index (κ1) is 53.9. The van der Waals surface area contributed by atoms with Crippen molar-refractivity contribution in [1.29, 1.82) is 5.41 Å². The van der Waals surface area contributed by atoms with E-state index in [1.807, 2.05) is 38.6 Å². The van der Waals surface area contributed by atoms with Gasteiger partial charge in [0, 0.05) is 84.9 Å². The van der Waals surface area contributed by atoms with E-state index >= 15 is 0 Å². The van der Waals surface area contributed by atoms with Gasteiger partial charge in [-0.05, 0) is 132 Å². The van der Waals surface area contributed by atoms with Gasteiger partial charge in [0.25, 0.3) is 0 Å². The molecule has 6 aliphatic rings. The van der Waals surface area contributed by atoms with Gasteiger partial charge in [-0.3, -0.25) is 24.6 Å². The molecule has 4 saturated heterocycles. The number of rotatable bonds is 12. The summed E-state index contributed by atoms with van der Waals surface area (Å²) in [5, 5.41) is 9.72. The number of H-pyrrole nitrogens is 1. The molecule has 4 fully saturated rings. The maximum absolute atomic E-state index is 13.1. The second-order valence-corrected chi connectivity index (χ2v) is 24.1. The van der Waals surface area contributed by atoms with E-state index in [4.69, 9.17) is 40.1 Å². The Hall–Kier alpha value is -6.12. The molecule has 0 spiro atoms. The number of hydrogen-bond acceptors (Lipinski definition) is 17. The molecule has 0 unspecified atom stereocenters. The Balaban J connectivity index is 0.000000165. The van der Waals surface area contributed by atoms with Gasteiger partial charge in [0.05, 0.1) is 6.33 Å². The maximum Gasteiger partial charge on any atom is 0.245 e. The monoisotopic (exact) mass is 1230 g/mol. The van der Waals surface area contributed by atoms with E-state index in [0.29, 0.717) is 81.2 Å². The van der Waals surface area contributed by atoms with Gasteiger partial charge < -0.3 is 58.4 Å². The molecule has 12 rings (SSSR count). The lowest BCUT2D eigenvalue weighted by Gasteiger charge is -2.35. The van der Waals surface area contributed by atoms with Crippen molar-refractivity contribution in [3.8, 4) is 23.0 Å². The lowest BCUT2D eigenvalue weighted by molar-refractivity contribution is -0.143. The average molecular weight is 1230 g/mol. The van der Waals surface area contributed by atoms with Crippen LogP contribution in [0.15, 0.2) is 66.0 Å². The minimum absolute atomic E-state index is 0.0140. The number of ether oxygens (including phenoxy) is 4. The average Bonchev–Trinajstić information content (AvgIpc) is 4.33. The number of nitrogens with one attached hydrogen (secondary N) is 2. The number of nitrogens with zero attached hydrogens (tertiary/aromatic N) is 11. The SMILES string of the molecule is CC(=O)N1CCC[C@H]1C(=O)N1CCC(CCn2c(Sc3cc4c(cc3Br)OCO4)nc3c(N)ncnc32)CC1.CC(=O)N1CCC[C@H]1C(=O)N1CCC(CCn2cnc(=N)c3[nH]c(Sc4cc5c(cc4Br)OCO5)nc32)CC1. The van der Waals surface area contributed by atoms with Gasteiger partial charge in [-0.1, -0.05) is 23.5 Å². The zero-order valence-corrected chi connectivity index (χ0v) is 48.1. The van der Waals surface area contributed by atoms with E-state index in [2.05, 4.69) is 56.4 Å². The van der Waals surface area contributed by atoms with Gasteiger partial charge in [-0.2, -0.15) is 0 Å². The Morgan fingerprint density at radius 2 is 1.21 bits per heavy atom. The van der Waals surface area contributed by atoms with Crippen LogP contribution in [0.4, 0.5) is 5.82 Å². The van der Waals surface area contributed by atoms with Crippen LogP contribution in [0.2, 0.25) is 0 Å². The molecule has 6 aliphatic heterocycles. The van der Waals surface area contributed by atoms with Gasteiger partial charge in [0.1, 0.15) is 23.9 Å². The second kappa shape index (κ2) is 23.3. The van der Waals surface area contributed by atoms with Crippen molar-refractivity contribution in [2.24, 2.45) is 11.8 Å². The molecule has 4 aromatic heterocycles. The van der Waals surface area contributed by atoms with E-state index in [1.54, 1.807) is 30.0 Å². The highest BCUT2D eigenvalue weighted by Gasteiger charge is 2.38. The Bertz CT molecular complexity index is 3340. The number of nitrogen functional groups attached to an aromatic ring is 1. The highest BCUT2D eigenvalue weighted by atomic mass is 79.9. The van der Waals surface area contributed by atoms with Gasteiger partial charge in [-0.15, -0.1) is 0 Å². The minimum atomic E-state index is -0.295. The van der Waals surface area contributed by atoms with Crippen molar-refractivity contribution in [3.63, 3.8) is 0 Å². The molecule has 4 amide bonds.